The zero-order valence-electron chi connectivity index (χ0n) is 33.4. The Morgan fingerprint density at radius 3 is 0.865 bits per heavy atom. The average molecular weight is 725 g/mol. The van der Waals surface area contributed by atoms with E-state index in [4.69, 9.17) is 28.4 Å². The second-order valence-electron chi connectivity index (χ2n) is 13.9. The summed E-state index contributed by atoms with van der Waals surface area (Å²) in [5.41, 5.74) is 0.902. The first-order valence-electron chi connectivity index (χ1n) is 20.8. The topological polar surface area (TPSA) is 89.5 Å². The van der Waals surface area contributed by atoms with Gasteiger partial charge < -0.3 is 28.4 Å². The van der Waals surface area contributed by atoms with Crippen LogP contribution in [-0.4, -0.2) is 51.2 Å². The highest BCUT2D eigenvalue weighted by Crippen LogP contribution is 2.51. The van der Waals surface area contributed by atoms with Crippen LogP contribution in [0.15, 0.2) is 12.1 Å². The van der Waals surface area contributed by atoms with Gasteiger partial charge in [0.1, 0.15) is 0 Å². The van der Waals surface area contributed by atoms with E-state index >= 15 is 0 Å². The van der Waals surface area contributed by atoms with Gasteiger partial charge in [0, 0.05) is 11.1 Å². The number of fused-ring (bicyclic) bond motifs is 2. The molecule has 0 aliphatic heterocycles. The lowest BCUT2D eigenvalue weighted by atomic mass is 9.82. The highest BCUT2D eigenvalue weighted by Gasteiger charge is 2.40. The van der Waals surface area contributed by atoms with Crippen molar-refractivity contribution < 1.29 is 38.0 Å². The number of carbonyl (C=O) groups is 2. The first kappa shape index (κ1) is 43.0. The standard InChI is InChI=1S/C44H68O8/c1-7-13-19-25-47-35-31-33-37(43(51-29-23-17-11-5)41(35)49-27-21-15-9-3)40(46)34-32-36(48-26-20-14-8-2)42(50-28-22-16-10-4)44(38(34)39(33)45)52-30-24-18-12-6/h31-32H,7-30H2,1-6H3. The fourth-order valence-electron chi connectivity index (χ4n) is 6.25. The molecule has 52 heavy (non-hydrogen) atoms. The van der Waals surface area contributed by atoms with Crippen molar-refractivity contribution in [1.29, 1.82) is 0 Å². The molecule has 8 heteroatoms. The third-order valence-electron chi connectivity index (χ3n) is 9.34. The highest BCUT2D eigenvalue weighted by atomic mass is 16.5. The molecule has 2 aromatic carbocycles. The quantitative estimate of drug-likeness (QED) is 0.0628. The van der Waals surface area contributed by atoms with E-state index < -0.39 is 0 Å². The Hall–Kier alpha value is -3.42. The zero-order valence-corrected chi connectivity index (χ0v) is 33.4. The second-order valence-corrected chi connectivity index (χ2v) is 13.9. The molecule has 292 valence electrons. The number of unbranched alkanes of at least 4 members (excludes halogenated alkanes) is 12. The Labute approximate surface area is 314 Å². The van der Waals surface area contributed by atoms with E-state index in [9.17, 15) is 9.59 Å². The fraction of sp³-hybridized carbons (Fsp3) is 0.682. The molecule has 1 aliphatic carbocycles. The summed E-state index contributed by atoms with van der Waals surface area (Å²) in [4.78, 5) is 29.8. The second kappa shape index (κ2) is 24.8. The van der Waals surface area contributed by atoms with Crippen molar-refractivity contribution in [1.82, 2.24) is 0 Å². The Bertz CT molecular complexity index is 1260. The number of hydrogen-bond acceptors (Lipinski definition) is 8. The number of ether oxygens (including phenoxy) is 6. The van der Waals surface area contributed by atoms with Crippen LogP contribution in [0.3, 0.4) is 0 Å². The van der Waals surface area contributed by atoms with E-state index in [1.165, 1.54) is 0 Å². The Morgan fingerprint density at radius 1 is 0.346 bits per heavy atom. The van der Waals surface area contributed by atoms with Crippen molar-refractivity contribution in [2.75, 3.05) is 39.6 Å². The Kier molecular flexibility index (Phi) is 20.5. The zero-order chi connectivity index (χ0) is 37.6. The van der Waals surface area contributed by atoms with E-state index in [0.29, 0.717) is 62.6 Å². The highest BCUT2D eigenvalue weighted by molar-refractivity contribution is 6.31. The number of ketones is 2. The van der Waals surface area contributed by atoms with Crippen molar-refractivity contribution in [3.05, 3.63) is 34.4 Å². The fourth-order valence-corrected chi connectivity index (χ4v) is 6.25. The van der Waals surface area contributed by atoms with Gasteiger partial charge in [-0.1, -0.05) is 119 Å². The largest absolute Gasteiger partial charge is 0.490 e. The van der Waals surface area contributed by atoms with Gasteiger partial charge in [0.05, 0.1) is 50.8 Å². The molecule has 0 saturated carbocycles. The molecular formula is C44H68O8. The van der Waals surface area contributed by atoms with Gasteiger partial charge in [-0.2, -0.15) is 0 Å². The molecule has 1 aliphatic rings. The summed E-state index contributed by atoms with van der Waals surface area (Å²) in [6, 6.07) is 3.38. The summed E-state index contributed by atoms with van der Waals surface area (Å²) in [6.45, 7) is 15.5. The molecule has 2 aromatic rings. The molecule has 3 rings (SSSR count). The predicted octanol–water partition coefficient (Wildman–Crippen LogP) is 11.9. The van der Waals surface area contributed by atoms with Crippen LogP contribution in [0, 0.1) is 0 Å². The van der Waals surface area contributed by atoms with Gasteiger partial charge in [-0.3, -0.25) is 9.59 Å². The minimum absolute atomic E-state index is 0.214. The smallest absolute Gasteiger partial charge is 0.204 e. The molecule has 0 amide bonds. The number of benzene rings is 2. The van der Waals surface area contributed by atoms with Crippen molar-refractivity contribution in [2.45, 2.75) is 157 Å². The Morgan fingerprint density at radius 2 is 0.596 bits per heavy atom. The lowest BCUT2D eigenvalue weighted by Gasteiger charge is -2.27. The third kappa shape index (κ3) is 12.3. The van der Waals surface area contributed by atoms with Gasteiger partial charge in [0.25, 0.3) is 0 Å². The van der Waals surface area contributed by atoms with Crippen LogP contribution in [0.4, 0.5) is 0 Å². The maximum Gasteiger partial charge on any atom is 0.204 e. The monoisotopic (exact) mass is 724 g/mol. The molecule has 0 spiro atoms. The van der Waals surface area contributed by atoms with Crippen LogP contribution < -0.4 is 28.4 Å². The van der Waals surface area contributed by atoms with Crippen molar-refractivity contribution in [3.63, 3.8) is 0 Å². The summed E-state index contributed by atoms with van der Waals surface area (Å²) < 4.78 is 38.5. The normalized spacial score (nSPS) is 12.0. The molecule has 0 radical (unpaired) electrons. The van der Waals surface area contributed by atoms with Crippen LogP contribution in [0.2, 0.25) is 0 Å². The van der Waals surface area contributed by atoms with Crippen molar-refractivity contribution in [3.8, 4) is 34.5 Å². The van der Waals surface area contributed by atoms with Crippen LogP contribution in [0.1, 0.15) is 189 Å². The van der Waals surface area contributed by atoms with Gasteiger partial charge in [0.2, 0.25) is 11.5 Å². The van der Waals surface area contributed by atoms with Gasteiger partial charge in [-0.05, 0) is 50.7 Å². The average Bonchev–Trinajstić information content (AvgIpc) is 3.15. The molecule has 0 aromatic heterocycles. The summed E-state index contributed by atoms with van der Waals surface area (Å²) in [7, 11) is 0. The third-order valence-corrected chi connectivity index (χ3v) is 9.34. The van der Waals surface area contributed by atoms with Gasteiger partial charge in [0.15, 0.2) is 34.6 Å². The minimum Gasteiger partial charge on any atom is -0.490 e. The summed E-state index contributed by atoms with van der Waals surface area (Å²) in [5.74, 6) is 1.59. The molecule has 0 heterocycles. The molecule has 0 N–H and O–H groups in total. The first-order valence-corrected chi connectivity index (χ1v) is 20.8. The first-order chi connectivity index (χ1) is 25.5. The summed E-state index contributed by atoms with van der Waals surface area (Å²) >= 11 is 0. The van der Waals surface area contributed by atoms with Crippen LogP contribution in [0.25, 0.3) is 0 Å². The number of hydrogen-bond donors (Lipinski definition) is 0. The van der Waals surface area contributed by atoms with Crippen molar-refractivity contribution in [2.24, 2.45) is 0 Å². The van der Waals surface area contributed by atoms with Gasteiger partial charge >= 0.3 is 0 Å². The van der Waals surface area contributed by atoms with E-state index in [1.807, 2.05) is 0 Å². The maximum absolute atomic E-state index is 14.9. The molecule has 0 saturated heterocycles. The minimum atomic E-state index is -0.319. The lowest BCUT2D eigenvalue weighted by molar-refractivity contribution is 0.0968. The Balaban J connectivity index is 2.26. The predicted molar refractivity (Wildman–Crippen MR) is 210 cm³/mol. The summed E-state index contributed by atoms with van der Waals surface area (Å²) in [5, 5.41) is 0. The molecular weight excluding hydrogens is 656 g/mol. The summed E-state index contributed by atoms with van der Waals surface area (Å²) in [6.07, 6.45) is 17.3. The van der Waals surface area contributed by atoms with Crippen LogP contribution >= 0.6 is 0 Å². The molecule has 0 atom stereocenters. The van der Waals surface area contributed by atoms with Crippen LogP contribution in [0.5, 0.6) is 34.5 Å². The van der Waals surface area contributed by atoms with E-state index in [-0.39, 0.29) is 45.3 Å². The molecule has 0 fully saturated rings. The van der Waals surface area contributed by atoms with Crippen LogP contribution in [-0.2, 0) is 0 Å². The molecule has 0 bridgehead atoms. The van der Waals surface area contributed by atoms with E-state index in [2.05, 4.69) is 41.5 Å². The van der Waals surface area contributed by atoms with Gasteiger partial charge in [-0.15, -0.1) is 0 Å². The van der Waals surface area contributed by atoms with Crippen molar-refractivity contribution >= 4 is 11.6 Å². The van der Waals surface area contributed by atoms with E-state index in [0.717, 1.165) is 116 Å². The number of rotatable bonds is 30. The van der Waals surface area contributed by atoms with Gasteiger partial charge in [-0.25, -0.2) is 0 Å². The number of carbonyl (C=O) groups excluding carboxylic acids is 2. The van der Waals surface area contributed by atoms with E-state index in [1.54, 1.807) is 12.1 Å². The maximum atomic E-state index is 14.9. The lowest BCUT2D eigenvalue weighted by Crippen LogP contribution is -2.25. The SMILES string of the molecule is CCCCCOc1cc2c(c(OCCCCC)c1OCCCCC)C(=O)c1cc(OCCCCC)c(OCCCCC)c(OCCCCC)c1C2=O. The molecule has 8 nitrogen and oxygen atoms in total. The molecule has 0 unspecified atom stereocenters.